The molecular formula is C11H12O4. The van der Waals surface area contributed by atoms with Crippen LogP contribution in [0, 0.1) is 0 Å². The molecule has 1 fully saturated rings. The minimum Gasteiger partial charge on any atom is -0.497 e. The van der Waals surface area contributed by atoms with E-state index >= 15 is 0 Å². The molecule has 1 aromatic rings. The van der Waals surface area contributed by atoms with Gasteiger partial charge in [-0.2, -0.15) is 0 Å². The quantitative estimate of drug-likeness (QED) is 0.555. The van der Waals surface area contributed by atoms with Gasteiger partial charge in [0.05, 0.1) is 14.2 Å². The van der Waals surface area contributed by atoms with Gasteiger partial charge in [-0.3, -0.25) is 0 Å². The Hall–Kier alpha value is -1.55. The van der Waals surface area contributed by atoms with Gasteiger partial charge in [0.2, 0.25) is 0 Å². The molecule has 1 aliphatic heterocycles. The maximum Gasteiger partial charge on any atom is 0.338 e. The van der Waals surface area contributed by atoms with Gasteiger partial charge in [-0.25, -0.2) is 4.79 Å². The fourth-order valence-electron chi connectivity index (χ4n) is 1.45. The molecule has 2 rings (SSSR count). The molecule has 4 heteroatoms. The highest BCUT2D eigenvalue weighted by Crippen LogP contribution is 2.39. The number of hydrogen-bond donors (Lipinski definition) is 0. The van der Waals surface area contributed by atoms with Gasteiger partial charge in [0.25, 0.3) is 0 Å². The number of hydrogen-bond acceptors (Lipinski definition) is 4. The van der Waals surface area contributed by atoms with Gasteiger partial charge in [0.1, 0.15) is 11.9 Å². The first-order chi connectivity index (χ1) is 7.26. The van der Waals surface area contributed by atoms with Crippen molar-refractivity contribution in [3.8, 4) is 5.75 Å². The van der Waals surface area contributed by atoms with Crippen LogP contribution in [0.1, 0.15) is 11.7 Å². The fourth-order valence-corrected chi connectivity index (χ4v) is 1.45. The maximum atomic E-state index is 11.1. The predicted molar refractivity (Wildman–Crippen MR) is 52.6 cm³/mol. The van der Waals surface area contributed by atoms with Crippen LogP contribution in [-0.2, 0) is 14.3 Å². The third kappa shape index (κ3) is 1.94. The second-order valence-electron chi connectivity index (χ2n) is 3.27. The normalized spacial score (nSPS) is 23.3. The van der Waals surface area contributed by atoms with Crippen molar-refractivity contribution in [1.82, 2.24) is 0 Å². The molecule has 4 nitrogen and oxygen atoms in total. The van der Waals surface area contributed by atoms with Gasteiger partial charge < -0.3 is 14.2 Å². The first kappa shape index (κ1) is 9.98. The van der Waals surface area contributed by atoms with Crippen molar-refractivity contribution in [3.63, 3.8) is 0 Å². The summed E-state index contributed by atoms with van der Waals surface area (Å²) in [5.41, 5.74) is 0.964. The first-order valence-corrected chi connectivity index (χ1v) is 4.63. The Morgan fingerprint density at radius 2 is 1.93 bits per heavy atom. The summed E-state index contributed by atoms with van der Waals surface area (Å²) in [5, 5.41) is 0. The highest BCUT2D eigenvalue weighted by Gasteiger charge is 2.47. The van der Waals surface area contributed by atoms with Gasteiger partial charge in [0, 0.05) is 0 Å². The number of methoxy groups -OCH3 is 2. The monoisotopic (exact) mass is 208 g/mol. The molecule has 0 unspecified atom stereocenters. The van der Waals surface area contributed by atoms with E-state index in [4.69, 9.17) is 9.47 Å². The van der Waals surface area contributed by atoms with Crippen molar-refractivity contribution in [2.24, 2.45) is 0 Å². The lowest BCUT2D eigenvalue weighted by atomic mass is 10.1. The van der Waals surface area contributed by atoms with E-state index < -0.39 is 6.10 Å². The van der Waals surface area contributed by atoms with E-state index in [9.17, 15) is 4.79 Å². The van der Waals surface area contributed by atoms with Crippen molar-refractivity contribution in [2.45, 2.75) is 12.2 Å². The number of rotatable bonds is 3. The van der Waals surface area contributed by atoms with Crippen molar-refractivity contribution < 1.29 is 19.0 Å². The van der Waals surface area contributed by atoms with Crippen LogP contribution >= 0.6 is 0 Å². The van der Waals surface area contributed by atoms with Crippen LogP contribution in [0.2, 0.25) is 0 Å². The molecular weight excluding hydrogens is 196 g/mol. The van der Waals surface area contributed by atoms with E-state index in [1.54, 1.807) is 7.11 Å². The van der Waals surface area contributed by atoms with Crippen LogP contribution in [0.5, 0.6) is 5.75 Å². The molecule has 2 atom stereocenters. The minimum absolute atomic E-state index is 0.164. The average Bonchev–Trinajstić information content (AvgIpc) is 3.08. The Balaban J connectivity index is 2.04. The number of benzene rings is 1. The van der Waals surface area contributed by atoms with Crippen LogP contribution in [0.15, 0.2) is 24.3 Å². The standard InChI is InChI=1S/C11H12O4/c1-13-8-5-3-7(4-6-8)9-10(15-9)11(12)14-2/h3-6,9-10H,1-2H3/t9-,10+/m1/s1. The lowest BCUT2D eigenvalue weighted by Crippen LogP contribution is -2.09. The first-order valence-electron chi connectivity index (χ1n) is 4.63. The van der Waals surface area contributed by atoms with E-state index in [-0.39, 0.29) is 12.1 Å². The third-order valence-corrected chi connectivity index (χ3v) is 2.37. The smallest absolute Gasteiger partial charge is 0.338 e. The van der Waals surface area contributed by atoms with Gasteiger partial charge in [-0.05, 0) is 17.7 Å². The zero-order valence-electron chi connectivity index (χ0n) is 8.60. The SMILES string of the molecule is COC(=O)[C@H]1O[C@@H]1c1ccc(OC)cc1. The second-order valence-corrected chi connectivity index (χ2v) is 3.27. The zero-order valence-corrected chi connectivity index (χ0v) is 8.60. The summed E-state index contributed by atoms with van der Waals surface area (Å²) >= 11 is 0. The van der Waals surface area contributed by atoms with Gasteiger partial charge in [-0.1, -0.05) is 12.1 Å². The Labute approximate surface area is 87.8 Å². The number of esters is 1. The predicted octanol–water partition coefficient (Wildman–Crippen LogP) is 1.31. The number of ether oxygens (including phenoxy) is 3. The molecule has 15 heavy (non-hydrogen) atoms. The van der Waals surface area contributed by atoms with Crippen molar-refractivity contribution in [2.75, 3.05) is 14.2 Å². The summed E-state index contributed by atoms with van der Waals surface area (Å²) in [6, 6.07) is 7.44. The van der Waals surface area contributed by atoms with E-state index in [2.05, 4.69) is 4.74 Å². The Kier molecular flexibility index (Phi) is 2.60. The highest BCUT2D eigenvalue weighted by molar-refractivity contribution is 5.78. The summed E-state index contributed by atoms with van der Waals surface area (Å²) in [6.07, 6.45) is -0.605. The fraction of sp³-hybridized carbons (Fsp3) is 0.364. The van der Waals surface area contributed by atoms with Gasteiger partial charge >= 0.3 is 5.97 Å². The van der Waals surface area contributed by atoms with E-state index in [1.807, 2.05) is 24.3 Å². The molecule has 0 saturated carbocycles. The molecule has 1 saturated heterocycles. The number of epoxide rings is 1. The zero-order chi connectivity index (χ0) is 10.8. The summed E-state index contributed by atoms with van der Waals surface area (Å²) in [7, 11) is 2.97. The molecule has 0 radical (unpaired) electrons. The molecule has 80 valence electrons. The average molecular weight is 208 g/mol. The van der Waals surface area contributed by atoms with Crippen LogP contribution in [-0.4, -0.2) is 26.3 Å². The molecule has 0 bridgehead atoms. The largest absolute Gasteiger partial charge is 0.497 e. The number of carbonyl (C=O) groups excluding carboxylic acids is 1. The van der Waals surface area contributed by atoms with Crippen LogP contribution in [0.25, 0.3) is 0 Å². The summed E-state index contributed by atoms with van der Waals surface area (Å²) in [6.45, 7) is 0. The van der Waals surface area contributed by atoms with E-state index in [0.29, 0.717) is 0 Å². The van der Waals surface area contributed by atoms with Gasteiger partial charge in [0.15, 0.2) is 6.10 Å². The third-order valence-electron chi connectivity index (χ3n) is 2.37. The topological polar surface area (TPSA) is 48.1 Å². The minimum atomic E-state index is -0.441. The van der Waals surface area contributed by atoms with Crippen molar-refractivity contribution >= 4 is 5.97 Å². The van der Waals surface area contributed by atoms with Crippen LogP contribution in [0.3, 0.4) is 0 Å². The molecule has 0 aliphatic carbocycles. The summed E-state index contributed by atoms with van der Waals surface area (Å²) in [4.78, 5) is 11.1. The van der Waals surface area contributed by atoms with Crippen molar-refractivity contribution in [3.05, 3.63) is 29.8 Å². The highest BCUT2D eigenvalue weighted by atomic mass is 16.6. The van der Waals surface area contributed by atoms with Gasteiger partial charge in [-0.15, -0.1) is 0 Å². The Morgan fingerprint density at radius 1 is 1.27 bits per heavy atom. The molecule has 1 aromatic carbocycles. The maximum absolute atomic E-state index is 11.1. The summed E-state index contributed by atoms with van der Waals surface area (Å²) < 4.78 is 14.8. The lowest BCUT2D eigenvalue weighted by molar-refractivity contribution is -0.142. The molecule has 0 N–H and O–H groups in total. The Morgan fingerprint density at radius 3 is 2.47 bits per heavy atom. The Bertz CT molecular complexity index is 357. The van der Waals surface area contributed by atoms with E-state index in [1.165, 1.54) is 7.11 Å². The lowest BCUT2D eigenvalue weighted by Gasteiger charge is -2.00. The molecule has 0 spiro atoms. The van der Waals surface area contributed by atoms with Crippen LogP contribution in [0.4, 0.5) is 0 Å². The number of carbonyl (C=O) groups is 1. The molecule has 1 aliphatic rings. The molecule has 0 aromatic heterocycles. The van der Waals surface area contributed by atoms with E-state index in [0.717, 1.165) is 11.3 Å². The molecule has 0 amide bonds. The molecule has 1 heterocycles. The second kappa shape index (κ2) is 3.90. The summed E-state index contributed by atoms with van der Waals surface area (Å²) in [5.74, 6) is 0.463. The van der Waals surface area contributed by atoms with Crippen molar-refractivity contribution in [1.29, 1.82) is 0 Å². The van der Waals surface area contributed by atoms with Crippen LogP contribution < -0.4 is 4.74 Å².